The summed E-state index contributed by atoms with van der Waals surface area (Å²) in [5.41, 5.74) is 8.47. The molecule has 0 aromatic heterocycles. The van der Waals surface area contributed by atoms with E-state index in [4.69, 9.17) is 0 Å². The van der Waals surface area contributed by atoms with Gasteiger partial charge in [-0.1, -0.05) is 11.6 Å². The molecule has 0 radical (unpaired) electrons. The molecule has 0 atom stereocenters. The Labute approximate surface area is 144 Å². The summed E-state index contributed by atoms with van der Waals surface area (Å²) in [6, 6.07) is 4.07. The average molecular weight is 403 g/mol. The predicted octanol–water partition coefficient (Wildman–Crippen LogP) is 5.14. The highest BCUT2D eigenvalue weighted by Crippen LogP contribution is 2.40. The van der Waals surface area contributed by atoms with Crippen LogP contribution < -0.4 is 5.32 Å². The molecule has 112 valence electrons. The molecule has 1 aromatic rings. The standard InChI is InChI=1S/C19H18INO/c1-11-16(20)6-7-17-18(11)15(19(22)21-17)10-12-8-13-4-2-3-5-14(13)9-12/h6-8,10H,2-5,9H2,1H3,(H,21,22). The molecule has 3 aliphatic rings. The number of allylic oxidation sites excluding steroid dienone is 5. The first-order chi connectivity index (χ1) is 10.6. The molecule has 1 aliphatic heterocycles. The lowest BCUT2D eigenvalue weighted by molar-refractivity contribution is -0.110. The quantitative estimate of drug-likeness (QED) is 0.511. The van der Waals surface area contributed by atoms with Crippen LogP contribution in [0, 0.1) is 10.5 Å². The molecule has 1 heterocycles. The van der Waals surface area contributed by atoms with Gasteiger partial charge in [0.2, 0.25) is 0 Å². The van der Waals surface area contributed by atoms with Crippen molar-refractivity contribution in [3.63, 3.8) is 0 Å². The summed E-state index contributed by atoms with van der Waals surface area (Å²) in [4.78, 5) is 12.4. The van der Waals surface area contributed by atoms with Gasteiger partial charge in [0.25, 0.3) is 5.91 Å². The van der Waals surface area contributed by atoms with Gasteiger partial charge in [0.15, 0.2) is 0 Å². The predicted molar refractivity (Wildman–Crippen MR) is 98.7 cm³/mol. The molecule has 2 aliphatic carbocycles. The molecule has 0 saturated heterocycles. The monoisotopic (exact) mass is 403 g/mol. The van der Waals surface area contributed by atoms with Gasteiger partial charge in [-0.05, 0) is 96.5 Å². The zero-order valence-corrected chi connectivity index (χ0v) is 14.8. The van der Waals surface area contributed by atoms with Crippen LogP contribution in [0.25, 0.3) is 5.57 Å². The Morgan fingerprint density at radius 2 is 2.05 bits per heavy atom. The Kier molecular flexibility index (Phi) is 3.48. The zero-order valence-electron chi connectivity index (χ0n) is 12.6. The van der Waals surface area contributed by atoms with Gasteiger partial charge in [-0.3, -0.25) is 4.79 Å². The van der Waals surface area contributed by atoms with Crippen LogP contribution in [-0.4, -0.2) is 5.91 Å². The first-order valence-electron chi connectivity index (χ1n) is 7.87. The normalized spacial score (nSPS) is 21.8. The van der Waals surface area contributed by atoms with Crippen molar-refractivity contribution in [3.8, 4) is 0 Å². The molecule has 2 nitrogen and oxygen atoms in total. The van der Waals surface area contributed by atoms with Crippen LogP contribution in [0.5, 0.6) is 0 Å². The molecule has 0 fully saturated rings. The van der Waals surface area contributed by atoms with E-state index in [9.17, 15) is 4.79 Å². The maximum Gasteiger partial charge on any atom is 0.256 e. The second-order valence-corrected chi connectivity index (χ2v) is 7.50. The van der Waals surface area contributed by atoms with Crippen molar-refractivity contribution in [2.45, 2.75) is 39.0 Å². The first kappa shape index (κ1) is 14.2. The van der Waals surface area contributed by atoms with Crippen LogP contribution >= 0.6 is 22.6 Å². The Balaban J connectivity index is 1.73. The van der Waals surface area contributed by atoms with Gasteiger partial charge in [-0.2, -0.15) is 0 Å². The molecule has 0 bridgehead atoms. The minimum atomic E-state index is 0.0332. The van der Waals surface area contributed by atoms with E-state index in [1.165, 1.54) is 46.0 Å². The van der Waals surface area contributed by atoms with Crippen LogP contribution in [0.3, 0.4) is 0 Å². The second kappa shape index (κ2) is 5.37. The summed E-state index contributed by atoms with van der Waals surface area (Å²) in [5.74, 6) is 0.0332. The van der Waals surface area contributed by atoms with E-state index in [-0.39, 0.29) is 5.91 Å². The Bertz CT molecular complexity index is 783. The molecule has 0 unspecified atom stereocenters. The molecule has 1 N–H and O–H groups in total. The fourth-order valence-corrected chi connectivity index (χ4v) is 4.19. The summed E-state index contributed by atoms with van der Waals surface area (Å²) in [6.45, 7) is 2.10. The highest BCUT2D eigenvalue weighted by atomic mass is 127. The van der Waals surface area contributed by atoms with Crippen molar-refractivity contribution >= 4 is 39.8 Å². The van der Waals surface area contributed by atoms with Crippen molar-refractivity contribution in [3.05, 3.63) is 55.7 Å². The SMILES string of the molecule is Cc1c(I)ccc2c1C(=CC1=CC3=C(CCCC3)C1)C(=O)N2. The Morgan fingerprint density at radius 3 is 2.86 bits per heavy atom. The highest BCUT2D eigenvalue weighted by molar-refractivity contribution is 14.1. The fraction of sp³-hybridized carbons (Fsp3) is 0.316. The maximum absolute atomic E-state index is 12.4. The van der Waals surface area contributed by atoms with E-state index in [1.807, 2.05) is 6.07 Å². The van der Waals surface area contributed by atoms with E-state index < -0.39 is 0 Å². The van der Waals surface area contributed by atoms with Crippen molar-refractivity contribution in [2.75, 3.05) is 5.32 Å². The number of nitrogens with one attached hydrogen (secondary N) is 1. The second-order valence-electron chi connectivity index (χ2n) is 6.34. The van der Waals surface area contributed by atoms with Gasteiger partial charge in [0.1, 0.15) is 0 Å². The third-order valence-electron chi connectivity index (χ3n) is 4.90. The lowest BCUT2D eigenvalue weighted by Crippen LogP contribution is -2.04. The van der Waals surface area contributed by atoms with Crippen molar-refractivity contribution < 1.29 is 4.79 Å². The molecule has 22 heavy (non-hydrogen) atoms. The summed E-state index contributed by atoms with van der Waals surface area (Å²) in [5, 5.41) is 3.00. The number of halogens is 1. The minimum Gasteiger partial charge on any atom is -0.321 e. The number of anilines is 1. The fourth-order valence-electron chi connectivity index (χ4n) is 3.75. The summed E-state index contributed by atoms with van der Waals surface area (Å²) in [6.07, 6.45) is 10.5. The van der Waals surface area contributed by atoms with Crippen molar-refractivity contribution in [1.29, 1.82) is 0 Å². The molecule has 0 saturated carbocycles. The maximum atomic E-state index is 12.4. The van der Waals surface area contributed by atoms with Crippen LogP contribution in [-0.2, 0) is 4.79 Å². The van der Waals surface area contributed by atoms with Crippen LogP contribution in [0.4, 0.5) is 5.69 Å². The summed E-state index contributed by atoms with van der Waals surface area (Å²) < 4.78 is 1.21. The van der Waals surface area contributed by atoms with E-state index in [0.29, 0.717) is 0 Å². The Hall–Kier alpha value is -1.36. The van der Waals surface area contributed by atoms with Gasteiger partial charge in [-0.15, -0.1) is 0 Å². The number of rotatable bonds is 1. The Morgan fingerprint density at radius 1 is 1.23 bits per heavy atom. The van der Waals surface area contributed by atoms with Crippen LogP contribution in [0.1, 0.15) is 43.2 Å². The largest absolute Gasteiger partial charge is 0.321 e. The number of amides is 1. The average Bonchev–Trinajstić information content (AvgIpc) is 3.05. The number of benzene rings is 1. The number of hydrogen-bond donors (Lipinski definition) is 1. The van der Waals surface area contributed by atoms with E-state index in [1.54, 1.807) is 5.57 Å². The first-order valence-corrected chi connectivity index (χ1v) is 8.95. The van der Waals surface area contributed by atoms with E-state index in [2.05, 4.69) is 53.0 Å². The van der Waals surface area contributed by atoms with Crippen molar-refractivity contribution in [2.24, 2.45) is 0 Å². The van der Waals surface area contributed by atoms with Gasteiger partial charge in [-0.25, -0.2) is 0 Å². The third-order valence-corrected chi connectivity index (χ3v) is 6.07. The third kappa shape index (κ3) is 2.26. The van der Waals surface area contributed by atoms with Crippen LogP contribution in [0.15, 0.2) is 41.0 Å². The molecule has 1 amide bonds. The number of fused-ring (bicyclic) bond motifs is 1. The lowest BCUT2D eigenvalue weighted by Gasteiger charge is -2.12. The molecular formula is C19H18INO. The van der Waals surface area contributed by atoms with Gasteiger partial charge in [0.05, 0.1) is 0 Å². The number of carbonyl (C=O) groups excluding carboxylic acids is 1. The molecule has 3 heteroatoms. The smallest absolute Gasteiger partial charge is 0.256 e. The molecular weight excluding hydrogens is 385 g/mol. The molecule has 4 rings (SSSR count). The zero-order chi connectivity index (χ0) is 15.3. The van der Waals surface area contributed by atoms with E-state index in [0.717, 1.165) is 23.2 Å². The minimum absolute atomic E-state index is 0.0332. The summed E-state index contributed by atoms with van der Waals surface area (Å²) in [7, 11) is 0. The van der Waals surface area contributed by atoms with E-state index >= 15 is 0 Å². The highest BCUT2D eigenvalue weighted by Gasteiger charge is 2.28. The van der Waals surface area contributed by atoms with Crippen molar-refractivity contribution in [1.82, 2.24) is 0 Å². The number of carbonyl (C=O) groups is 1. The summed E-state index contributed by atoms with van der Waals surface area (Å²) >= 11 is 2.34. The molecule has 1 aromatic carbocycles. The lowest BCUT2D eigenvalue weighted by atomic mass is 9.93. The molecule has 0 spiro atoms. The topological polar surface area (TPSA) is 29.1 Å². The van der Waals surface area contributed by atoms with Gasteiger partial charge < -0.3 is 5.32 Å². The number of hydrogen-bond acceptors (Lipinski definition) is 1. The van der Waals surface area contributed by atoms with Gasteiger partial charge in [0, 0.05) is 20.4 Å². The van der Waals surface area contributed by atoms with Gasteiger partial charge >= 0.3 is 0 Å². The van der Waals surface area contributed by atoms with Crippen LogP contribution in [0.2, 0.25) is 0 Å².